The second-order valence-electron chi connectivity index (χ2n) is 4.41. The fourth-order valence-electron chi connectivity index (χ4n) is 1.76. The average molecular weight is 289 g/mol. The van der Waals surface area contributed by atoms with Gasteiger partial charge < -0.3 is 20.8 Å². The number of nitrogens with one attached hydrogen (secondary N) is 1. The lowest BCUT2D eigenvalue weighted by Gasteiger charge is -2.12. The van der Waals surface area contributed by atoms with Crippen molar-refractivity contribution >= 4 is 11.7 Å². The van der Waals surface area contributed by atoms with Crippen molar-refractivity contribution in [3.05, 3.63) is 41.7 Å². The molecule has 0 aliphatic rings. The van der Waals surface area contributed by atoms with Gasteiger partial charge in [0.1, 0.15) is 12.0 Å². The SMILES string of the molecule is CC(NC(=O)c1ccc(C(N)=NO)cn1)c1nncn1C. The van der Waals surface area contributed by atoms with Gasteiger partial charge in [-0.3, -0.25) is 9.78 Å². The summed E-state index contributed by atoms with van der Waals surface area (Å²) in [5.41, 5.74) is 6.07. The summed E-state index contributed by atoms with van der Waals surface area (Å²) in [4.78, 5) is 16.0. The van der Waals surface area contributed by atoms with Crippen LogP contribution >= 0.6 is 0 Å². The predicted octanol–water partition coefficient (Wildman–Crippen LogP) is -0.204. The van der Waals surface area contributed by atoms with Crippen molar-refractivity contribution in [1.29, 1.82) is 0 Å². The van der Waals surface area contributed by atoms with Crippen LogP contribution in [0, 0.1) is 0 Å². The van der Waals surface area contributed by atoms with Gasteiger partial charge in [-0.2, -0.15) is 0 Å². The number of aromatic nitrogens is 4. The summed E-state index contributed by atoms with van der Waals surface area (Å²) in [7, 11) is 1.79. The number of carbonyl (C=O) groups excluding carboxylic acids is 1. The van der Waals surface area contributed by atoms with Gasteiger partial charge in [0.25, 0.3) is 5.91 Å². The van der Waals surface area contributed by atoms with Crippen molar-refractivity contribution < 1.29 is 10.0 Å². The van der Waals surface area contributed by atoms with E-state index in [1.165, 1.54) is 12.3 Å². The van der Waals surface area contributed by atoms with E-state index in [2.05, 4.69) is 25.7 Å². The molecular weight excluding hydrogens is 274 g/mol. The van der Waals surface area contributed by atoms with Gasteiger partial charge in [-0.25, -0.2) is 0 Å². The van der Waals surface area contributed by atoms with Gasteiger partial charge >= 0.3 is 0 Å². The Morgan fingerprint density at radius 2 is 2.29 bits per heavy atom. The molecule has 0 aromatic carbocycles. The number of nitrogens with two attached hydrogens (primary N) is 1. The van der Waals surface area contributed by atoms with Crippen LogP contribution in [0.15, 0.2) is 29.8 Å². The zero-order valence-electron chi connectivity index (χ0n) is 11.6. The molecule has 0 spiro atoms. The molecule has 4 N–H and O–H groups in total. The van der Waals surface area contributed by atoms with Gasteiger partial charge in [-0.05, 0) is 19.1 Å². The van der Waals surface area contributed by atoms with E-state index in [1.807, 2.05) is 0 Å². The molecule has 0 aliphatic heterocycles. The van der Waals surface area contributed by atoms with E-state index in [0.29, 0.717) is 11.4 Å². The fraction of sp³-hybridized carbons (Fsp3) is 0.250. The summed E-state index contributed by atoms with van der Waals surface area (Å²) in [6.07, 6.45) is 2.92. The van der Waals surface area contributed by atoms with E-state index in [0.717, 1.165) is 0 Å². The maximum Gasteiger partial charge on any atom is 0.270 e. The summed E-state index contributed by atoms with van der Waals surface area (Å²) in [5.74, 6) is 0.218. The van der Waals surface area contributed by atoms with E-state index in [-0.39, 0.29) is 23.5 Å². The summed E-state index contributed by atoms with van der Waals surface area (Å²) >= 11 is 0. The van der Waals surface area contributed by atoms with Crippen LogP contribution in [0.2, 0.25) is 0 Å². The zero-order chi connectivity index (χ0) is 15.4. The largest absolute Gasteiger partial charge is 0.409 e. The number of hydrogen-bond acceptors (Lipinski definition) is 6. The molecular formula is C12H15N7O2. The maximum atomic E-state index is 12.1. The van der Waals surface area contributed by atoms with Crippen LogP contribution in [-0.4, -0.2) is 36.7 Å². The molecule has 0 fully saturated rings. The van der Waals surface area contributed by atoms with Crippen molar-refractivity contribution in [1.82, 2.24) is 25.1 Å². The Labute approximate surface area is 120 Å². The highest BCUT2D eigenvalue weighted by atomic mass is 16.4. The first kappa shape index (κ1) is 14.4. The highest BCUT2D eigenvalue weighted by Crippen LogP contribution is 2.08. The number of nitrogens with zero attached hydrogens (tertiary/aromatic N) is 5. The molecule has 1 atom stereocenters. The number of oxime groups is 1. The minimum Gasteiger partial charge on any atom is -0.409 e. The van der Waals surface area contributed by atoms with Crippen LogP contribution in [0.3, 0.4) is 0 Å². The standard InChI is InChI=1S/C12H15N7O2/c1-7(11-17-15-6-19(11)2)16-12(20)9-4-3-8(5-14-9)10(13)18-21/h3-7,21H,1-2H3,(H2,13,18)(H,16,20). The van der Waals surface area contributed by atoms with Gasteiger partial charge in [0.05, 0.1) is 6.04 Å². The lowest BCUT2D eigenvalue weighted by molar-refractivity contribution is 0.0932. The normalized spacial score (nSPS) is 13.0. The van der Waals surface area contributed by atoms with E-state index in [4.69, 9.17) is 10.9 Å². The van der Waals surface area contributed by atoms with Gasteiger partial charge in [0.15, 0.2) is 11.7 Å². The van der Waals surface area contributed by atoms with Crippen LogP contribution in [0.5, 0.6) is 0 Å². The molecule has 0 bridgehead atoms. The highest BCUT2D eigenvalue weighted by Gasteiger charge is 2.16. The van der Waals surface area contributed by atoms with Crippen molar-refractivity contribution in [2.75, 3.05) is 0 Å². The quantitative estimate of drug-likeness (QED) is 0.309. The Balaban J connectivity index is 2.09. The van der Waals surface area contributed by atoms with E-state index in [1.54, 1.807) is 30.9 Å². The third-order valence-corrected chi connectivity index (χ3v) is 2.88. The Kier molecular flexibility index (Phi) is 4.12. The smallest absolute Gasteiger partial charge is 0.270 e. The molecule has 0 saturated heterocycles. The summed E-state index contributed by atoms with van der Waals surface area (Å²) in [5, 5.41) is 21.9. The Morgan fingerprint density at radius 3 is 2.81 bits per heavy atom. The van der Waals surface area contributed by atoms with Crippen molar-refractivity contribution in [3.63, 3.8) is 0 Å². The summed E-state index contributed by atoms with van der Waals surface area (Å²) < 4.78 is 1.72. The lowest BCUT2D eigenvalue weighted by atomic mass is 10.2. The topological polar surface area (TPSA) is 131 Å². The molecule has 0 saturated carbocycles. The van der Waals surface area contributed by atoms with E-state index >= 15 is 0 Å². The van der Waals surface area contributed by atoms with Gasteiger partial charge in [0.2, 0.25) is 0 Å². The number of hydrogen-bond donors (Lipinski definition) is 3. The zero-order valence-corrected chi connectivity index (χ0v) is 11.6. The Hall–Kier alpha value is -2.97. The van der Waals surface area contributed by atoms with Crippen molar-refractivity contribution in [2.24, 2.45) is 17.9 Å². The molecule has 0 radical (unpaired) electrons. The number of amidine groups is 1. The third-order valence-electron chi connectivity index (χ3n) is 2.88. The Bertz CT molecular complexity index is 663. The molecule has 1 unspecified atom stereocenters. The van der Waals surface area contributed by atoms with Crippen LogP contribution in [0.1, 0.15) is 34.8 Å². The van der Waals surface area contributed by atoms with E-state index in [9.17, 15) is 4.79 Å². The minimum atomic E-state index is -0.350. The minimum absolute atomic E-state index is 0.0677. The number of pyridine rings is 1. The van der Waals surface area contributed by atoms with Crippen LogP contribution in [0.25, 0.3) is 0 Å². The lowest BCUT2D eigenvalue weighted by Crippen LogP contribution is -2.29. The van der Waals surface area contributed by atoms with Gasteiger partial charge in [-0.1, -0.05) is 5.16 Å². The van der Waals surface area contributed by atoms with Gasteiger partial charge in [-0.15, -0.1) is 10.2 Å². The molecule has 9 heteroatoms. The number of aryl methyl sites for hydroxylation is 1. The third kappa shape index (κ3) is 3.14. The highest BCUT2D eigenvalue weighted by molar-refractivity contribution is 5.98. The van der Waals surface area contributed by atoms with Crippen molar-refractivity contribution in [3.8, 4) is 0 Å². The van der Waals surface area contributed by atoms with Crippen LogP contribution in [-0.2, 0) is 7.05 Å². The average Bonchev–Trinajstić information content (AvgIpc) is 2.92. The molecule has 2 heterocycles. The molecule has 2 rings (SSSR count). The molecule has 21 heavy (non-hydrogen) atoms. The number of carbonyl (C=O) groups is 1. The molecule has 9 nitrogen and oxygen atoms in total. The predicted molar refractivity (Wildman–Crippen MR) is 73.6 cm³/mol. The second-order valence-corrected chi connectivity index (χ2v) is 4.41. The molecule has 1 amide bonds. The monoisotopic (exact) mass is 289 g/mol. The molecule has 2 aromatic rings. The first-order valence-corrected chi connectivity index (χ1v) is 6.11. The molecule has 0 aliphatic carbocycles. The molecule has 110 valence electrons. The maximum absolute atomic E-state index is 12.1. The second kappa shape index (κ2) is 5.99. The summed E-state index contributed by atoms with van der Waals surface area (Å²) in [6.45, 7) is 1.80. The van der Waals surface area contributed by atoms with Crippen LogP contribution < -0.4 is 11.1 Å². The van der Waals surface area contributed by atoms with Crippen molar-refractivity contribution in [2.45, 2.75) is 13.0 Å². The van der Waals surface area contributed by atoms with Gasteiger partial charge in [0, 0.05) is 18.8 Å². The number of rotatable bonds is 4. The number of amides is 1. The van der Waals surface area contributed by atoms with E-state index < -0.39 is 0 Å². The first-order valence-electron chi connectivity index (χ1n) is 6.11. The molecule has 2 aromatic heterocycles. The Morgan fingerprint density at radius 1 is 1.52 bits per heavy atom. The summed E-state index contributed by atoms with van der Waals surface area (Å²) in [6, 6.07) is 2.73. The first-order chi connectivity index (χ1) is 10.0. The fourth-order valence-corrected chi connectivity index (χ4v) is 1.76. The van der Waals surface area contributed by atoms with Crippen LogP contribution in [0.4, 0.5) is 0 Å².